The molecule has 0 atom stereocenters. The van der Waals surface area contributed by atoms with E-state index < -0.39 is 11.7 Å². The summed E-state index contributed by atoms with van der Waals surface area (Å²) >= 11 is 1.41. The molecule has 0 bridgehead atoms. The van der Waals surface area contributed by atoms with Crippen LogP contribution in [-0.4, -0.2) is 47.4 Å². The van der Waals surface area contributed by atoms with Gasteiger partial charge in [-0.25, -0.2) is 9.37 Å². The van der Waals surface area contributed by atoms with Crippen molar-refractivity contribution < 1.29 is 14.0 Å². The minimum atomic E-state index is -0.530. The van der Waals surface area contributed by atoms with Gasteiger partial charge in [0.05, 0.1) is 5.56 Å². The molecule has 138 valence electrons. The molecule has 0 radical (unpaired) electrons. The van der Waals surface area contributed by atoms with Crippen molar-refractivity contribution in [1.29, 1.82) is 0 Å². The lowest BCUT2D eigenvalue weighted by molar-refractivity contribution is 0.0693. The van der Waals surface area contributed by atoms with Gasteiger partial charge in [0, 0.05) is 31.1 Å². The smallest absolute Gasteiger partial charge is 0.273 e. The Hall–Kier alpha value is -2.48. The van der Waals surface area contributed by atoms with E-state index in [-0.39, 0.29) is 17.5 Å². The van der Waals surface area contributed by atoms with Crippen molar-refractivity contribution in [2.24, 2.45) is 0 Å². The van der Waals surface area contributed by atoms with Gasteiger partial charge in [-0.3, -0.25) is 9.59 Å². The summed E-state index contributed by atoms with van der Waals surface area (Å²) in [6.07, 6.45) is 1.27. The van der Waals surface area contributed by atoms with E-state index >= 15 is 0 Å². The van der Waals surface area contributed by atoms with Crippen molar-refractivity contribution in [3.05, 3.63) is 46.7 Å². The van der Waals surface area contributed by atoms with Crippen molar-refractivity contribution in [3.63, 3.8) is 0 Å². The second-order valence-electron chi connectivity index (χ2n) is 6.09. The van der Waals surface area contributed by atoms with Crippen molar-refractivity contribution in [3.8, 4) is 0 Å². The van der Waals surface area contributed by atoms with E-state index in [9.17, 15) is 14.0 Å². The molecule has 0 spiro atoms. The van der Waals surface area contributed by atoms with Gasteiger partial charge in [0.15, 0.2) is 5.13 Å². The summed E-state index contributed by atoms with van der Waals surface area (Å²) in [5.41, 5.74) is 0.490. The summed E-state index contributed by atoms with van der Waals surface area (Å²) in [5, 5.41) is 8.44. The van der Waals surface area contributed by atoms with Gasteiger partial charge in [0.2, 0.25) is 0 Å². The van der Waals surface area contributed by atoms with Gasteiger partial charge in [0.1, 0.15) is 11.5 Å². The molecule has 2 amide bonds. The molecule has 1 aromatic carbocycles. The Morgan fingerprint density at radius 3 is 2.73 bits per heavy atom. The first-order valence-electron chi connectivity index (χ1n) is 8.62. The Bertz CT molecular complexity index is 787. The number of carbonyl (C=O) groups is 2. The standard InChI is InChI=1S/C18H21FN4O2S/c1-2-20-18-22-15(11-26-18)17(25)23-9-7-12(8-10-23)21-16(24)13-5-3-4-6-14(13)19/h3-6,11-12H,2,7-10H2,1H3,(H,20,22)(H,21,24). The number of benzene rings is 1. The molecule has 26 heavy (non-hydrogen) atoms. The fourth-order valence-corrected chi connectivity index (χ4v) is 3.66. The van der Waals surface area contributed by atoms with Gasteiger partial charge in [-0.05, 0) is 31.9 Å². The van der Waals surface area contributed by atoms with Gasteiger partial charge in [-0.2, -0.15) is 0 Å². The molecule has 0 aliphatic carbocycles. The second kappa shape index (κ2) is 8.27. The van der Waals surface area contributed by atoms with Crippen molar-refractivity contribution in [2.75, 3.05) is 25.0 Å². The fraction of sp³-hybridized carbons (Fsp3) is 0.389. The summed E-state index contributed by atoms with van der Waals surface area (Å²) in [7, 11) is 0. The van der Waals surface area contributed by atoms with Crippen LogP contribution >= 0.6 is 11.3 Å². The zero-order valence-corrected chi connectivity index (χ0v) is 15.3. The van der Waals surface area contributed by atoms with Crippen LogP contribution in [0.3, 0.4) is 0 Å². The van der Waals surface area contributed by atoms with Crippen LogP contribution in [0.25, 0.3) is 0 Å². The molecule has 2 N–H and O–H groups in total. The average molecular weight is 376 g/mol. The molecule has 0 unspecified atom stereocenters. The Kier molecular flexibility index (Phi) is 5.82. The van der Waals surface area contributed by atoms with Crippen LogP contribution in [0.2, 0.25) is 0 Å². The summed E-state index contributed by atoms with van der Waals surface area (Å²) in [4.78, 5) is 30.7. The molecule has 3 rings (SSSR count). The Morgan fingerprint density at radius 2 is 2.04 bits per heavy atom. The van der Waals surface area contributed by atoms with Gasteiger partial charge in [0.25, 0.3) is 11.8 Å². The highest BCUT2D eigenvalue weighted by Gasteiger charge is 2.26. The molecule has 2 aromatic rings. The molecule has 1 aromatic heterocycles. The first kappa shape index (κ1) is 18.3. The predicted molar refractivity (Wildman–Crippen MR) is 99.1 cm³/mol. The van der Waals surface area contributed by atoms with Crippen LogP contribution in [0.15, 0.2) is 29.6 Å². The molecule has 6 nitrogen and oxygen atoms in total. The maximum Gasteiger partial charge on any atom is 0.273 e. The Morgan fingerprint density at radius 1 is 1.31 bits per heavy atom. The molecule has 2 heterocycles. The van der Waals surface area contributed by atoms with Crippen LogP contribution in [0.4, 0.5) is 9.52 Å². The second-order valence-corrected chi connectivity index (χ2v) is 6.95. The minimum absolute atomic E-state index is 0.0458. The van der Waals surface area contributed by atoms with Crippen molar-refractivity contribution in [2.45, 2.75) is 25.8 Å². The van der Waals surface area contributed by atoms with E-state index in [4.69, 9.17) is 0 Å². The number of nitrogens with zero attached hydrogens (tertiary/aromatic N) is 2. The highest BCUT2D eigenvalue weighted by atomic mass is 32.1. The number of rotatable bonds is 5. The normalized spacial score (nSPS) is 14.9. The van der Waals surface area contributed by atoms with Gasteiger partial charge >= 0.3 is 0 Å². The SMILES string of the molecule is CCNc1nc(C(=O)N2CCC(NC(=O)c3ccccc3F)CC2)cs1. The summed E-state index contributed by atoms with van der Waals surface area (Å²) in [6.45, 7) is 3.81. The average Bonchev–Trinajstić information content (AvgIpc) is 3.11. The lowest BCUT2D eigenvalue weighted by atomic mass is 10.0. The Balaban J connectivity index is 1.53. The molecule has 1 fully saturated rings. The zero-order chi connectivity index (χ0) is 18.5. The van der Waals surface area contributed by atoms with Crippen molar-refractivity contribution in [1.82, 2.24) is 15.2 Å². The number of halogens is 1. The van der Waals surface area contributed by atoms with E-state index in [1.807, 2.05) is 6.92 Å². The highest BCUT2D eigenvalue weighted by Crippen LogP contribution is 2.19. The lowest BCUT2D eigenvalue weighted by Crippen LogP contribution is -2.46. The number of likely N-dealkylation sites (tertiary alicyclic amines) is 1. The number of hydrogen-bond acceptors (Lipinski definition) is 5. The number of piperidine rings is 1. The van der Waals surface area contributed by atoms with Crippen LogP contribution in [0.1, 0.15) is 40.6 Å². The van der Waals surface area contributed by atoms with E-state index in [1.165, 1.54) is 23.5 Å². The van der Waals surface area contributed by atoms with Crippen LogP contribution in [0, 0.1) is 5.82 Å². The van der Waals surface area contributed by atoms with Gasteiger partial charge < -0.3 is 15.5 Å². The van der Waals surface area contributed by atoms with E-state index in [0.29, 0.717) is 31.6 Å². The van der Waals surface area contributed by atoms with Crippen LogP contribution in [0.5, 0.6) is 0 Å². The van der Waals surface area contributed by atoms with E-state index in [0.717, 1.165) is 11.7 Å². The first-order valence-corrected chi connectivity index (χ1v) is 9.50. The molecule has 8 heteroatoms. The third kappa shape index (κ3) is 4.19. The summed E-state index contributed by atoms with van der Waals surface area (Å²) < 4.78 is 13.7. The number of amides is 2. The first-order chi connectivity index (χ1) is 12.6. The molecule has 1 saturated heterocycles. The number of nitrogens with one attached hydrogen (secondary N) is 2. The molecule has 0 saturated carbocycles. The van der Waals surface area contributed by atoms with Crippen LogP contribution < -0.4 is 10.6 Å². The van der Waals surface area contributed by atoms with Crippen LogP contribution in [-0.2, 0) is 0 Å². The quantitative estimate of drug-likeness (QED) is 0.842. The van der Waals surface area contributed by atoms with Crippen molar-refractivity contribution >= 4 is 28.3 Å². The predicted octanol–water partition coefficient (Wildman–Crippen LogP) is 2.75. The van der Waals surface area contributed by atoms with Gasteiger partial charge in [-0.1, -0.05) is 12.1 Å². The zero-order valence-electron chi connectivity index (χ0n) is 14.5. The number of carbonyl (C=O) groups excluding carboxylic acids is 2. The number of thiazole rings is 1. The largest absolute Gasteiger partial charge is 0.362 e. The number of anilines is 1. The monoisotopic (exact) mass is 376 g/mol. The number of aromatic nitrogens is 1. The summed E-state index contributed by atoms with van der Waals surface area (Å²) in [6, 6.07) is 5.85. The van der Waals surface area contributed by atoms with E-state index in [2.05, 4.69) is 15.6 Å². The summed E-state index contributed by atoms with van der Waals surface area (Å²) in [5.74, 6) is -1.04. The fourth-order valence-electron chi connectivity index (χ4n) is 2.90. The third-order valence-electron chi connectivity index (χ3n) is 4.29. The molecular weight excluding hydrogens is 355 g/mol. The lowest BCUT2D eigenvalue weighted by Gasteiger charge is -2.32. The Labute approximate surface area is 155 Å². The topological polar surface area (TPSA) is 74.3 Å². The molecular formula is C18H21FN4O2S. The molecule has 1 aliphatic heterocycles. The van der Waals surface area contributed by atoms with E-state index in [1.54, 1.807) is 22.4 Å². The molecule has 1 aliphatic rings. The maximum absolute atomic E-state index is 13.7. The highest BCUT2D eigenvalue weighted by molar-refractivity contribution is 7.13. The maximum atomic E-state index is 13.7. The minimum Gasteiger partial charge on any atom is -0.362 e. The number of hydrogen-bond donors (Lipinski definition) is 2. The third-order valence-corrected chi connectivity index (χ3v) is 5.09. The van der Waals surface area contributed by atoms with Gasteiger partial charge in [-0.15, -0.1) is 11.3 Å².